The van der Waals surface area contributed by atoms with E-state index in [1.807, 2.05) is 78.9 Å². The minimum atomic E-state index is -2.79. The lowest BCUT2D eigenvalue weighted by atomic mass is 10.1. The zero-order chi connectivity index (χ0) is 20.8. The summed E-state index contributed by atoms with van der Waals surface area (Å²) in [7, 11) is -2.79. The van der Waals surface area contributed by atoms with E-state index in [1.165, 1.54) is 0 Å². The Bertz CT molecular complexity index is 948. The molecule has 6 heteroatoms. The fourth-order valence-electron chi connectivity index (χ4n) is 3.50. The van der Waals surface area contributed by atoms with Crippen LogP contribution < -0.4 is 4.74 Å². The highest BCUT2D eigenvalue weighted by Crippen LogP contribution is 2.64. The summed E-state index contributed by atoms with van der Waals surface area (Å²) in [5.74, 6) is 1.06. The van der Waals surface area contributed by atoms with Crippen molar-refractivity contribution in [2.24, 2.45) is 0 Å². The second-order valence-electron chi connectivity index (χ2n) is 7.16. The van der Waals surface area contributed by atoms with Gasteiger partial charge in [0.15, 0.2) is 0 Å². The second-order valence-corrected chi connectivity index (χ2v) is 10.5. The Kier molecular flexibility index (Phi) is 7.02. The molecule has 1 atom stereocenters. The van der Waals surface area contributed by atoms with Crippen LogP contribution in [0, 0.1) is 0 Å². The van der Waals surface area contributed by atoms with Gasteiger partial charge in [-0.3, -0.25) is 9.11 Å². The van der Waals surface area contributed by atoms with Crippen LogP contribution in [0.15, 0.2) is 88.7 Å². The van der Waals surface area contributed by atoms with Crippen molar-refractivity contribution in [1.82, 2.24) is 0 Å². The van der Waals surface area contributed by atoms with E-state index in [4.69, 9.17) is 9.47 Å². The predicted molar refractivity (Wildman–Crippen MR) is 124 cm³/mol. The molecule has 0 bridgehead atoms. The van der Waals surface area contributed by atoms with Crippen LogP contribution in [0.5, 0.6) is 5.75 Å². The van der Waals surface area contributed by atoms with E-state index in [2.05, 4.69) is 0 Å². The van der Waals surface area contributed by atoms with E-state index in [-0.39, 0.29) is 5.25 Å². The first-order valence-corrected chi connectivity index (χ1v) is 12.6. The maximum atomic E-state index is 10.6. The molecule has 0 aromatic heterocycles. The molecule has 2 N–H and O–H groups in total. The smallest absolute Gasteiger partial charge is 0.125 e. The summed E-state index contributed by atoms with van der Waals surface area (Å²) >= 11 is 1.65. The van der Waals surface area contributed by atoms with Crippen molar-refractivity contribution in [3.8, 4) is 5.75 Å². The zero-order valence-corrected chi connectivity index (χ0v) is 18.3. The van der Waals surface area contributed by atoms with Crippen LogP contribution in [0.3, 0.4) is 0 Å². The predicted octanol–water partition coefficient (Wildman–Crippen LogP) is 6.63. The Balaban J connectivity index is 1.36. The van der Waals surface area contributed by atoms with Crippen LogP contribution in [0.2, 0.25) is 0 Å². The first kappa shape index (κ1) is 21.3. The quantitative estimate of drug-likeness (QED) is 0.364. The van der Waals surface area contributed by atoms with Crippen molar-refractivity contribution in [3.63, 3.8) is 0 Å². The van der Waals surface area contributed by atoms with Crippen LogP contribution in [-0.2, 0) is 11.3 Å². The van der Waals surface area contributed by atoms with Gasteiger partial charge in [-0.2, -0.15) is 10.6 Å². The van der Waals surface area contributed by atoms with E-state index in [0.29, 0.717) is 30.5 Å². The molecule has 3 aromatic rings. The van der Waals surface area contributed by atoms with Crippen molar-refractivity contribution in [2.75, 3.05) is 19.0 Å². The third-order valence-electron chi connectivity index (χ3n) is 4.91. The van der Waals surface area contributed by atoms with Gasteiger partial charge in [-0.25, -0.2) is 0 Å². The van der Waals surface area contributed by atoms with Gasteiger partial charge in [-0.1, -0.05) is 54.6 Å². The van der Waals surface area contributed by atoms with Gasteiger partial charge in [-0.05, 0) is 29.8 Å². The Morgan fingerprint density at radius 2 is 1.60 bits per heavy atom. The summed E-state index contributed by atoms with van der Waals surface area (Å²) in [5, 5.41) is -0.0436. The number of benzene rings is 3. The number of thioether (sulfide) groups is 1. The molecule has 0 aliphatic carbocycles. The first-order valence-electron chi connectivity index (χ1n) is 9.98. The van der Waals surface area contributed by atoms with Gasteiger partial charge < -0.3 is 9.47 Å². The summed E-state index contributed by atoms with van der Waals surface area (Å²) < 4.78 is 33.0. The number of fused-ring (bicyclic) bond motifs is 1. The molecule has 4 rings (SSSR count). The lowest BCUT2D eigenvalue weighted by Crippen LogP contribution is -2.05. The van der Waals surface area contributed by atoms with Crippen LogP contribution >= 0.6 is 22.4 Å². The highest BCUT2D eigenvalue weighted by Gasteiger charge is 2.38. The van der Waals surface area contributed by atoms with Gasteiger partial charge in [0, 0.05) is 16.9 Å². The lowest BCUT2D eigenvalue weighted by Gasteiger charge is -2.27. The molecule has 1 heterocycles. The molecule has 0 saturated heterocycles. The van der Waals surface area contributed by atoms with Crippen LogP contribution in [0.4, 0.5) is 0 Å². The first-order chi connectivity index (χ1) is 14.6. The molecule has 0 spiro atoms. The molecule has 0 amide bonds. The standard InChI is InChI=1S/C24H26O4S2/c25-30(26)18-22(29-20-11-5-2-6-12-20)24-21(13-7-14-23(24)30)28-16-8-15-27-17-19-9-3-1-4-10-19/h1-7,9-14,22,25-26H,8,15-18H2. The van der Waals surface area contributed by atoms with E-state index in [9.17, 15) is 9.11 Å². The molecule has 0 fully saturated rings. The normalized spacial score (nSPS) is 18.0. The molecule has 0 saturated carbocycles. The molecule has 0 radical (unpaired) electrons. The molecule has 158 valence electrons. The number of rotatable bonds is 9. The third-order valence-corrected chi connectivity index (χ3v) is 8.21. The maximum Gasteiger partial charge on any atom is 0.125 e. The van der Waals surface area contributed by atoms with Crippen molar-refractivity contribution >= 4 is 22.4 Å². The summed E-state index contributed by atoms with van der Waals surface area (Å²) in [5.41, 5.74) is 2.07. The monoisotopic (exact) mass is 442 g/mol. The number of hydrogen-bond donors (Lipinski definition) is 2. The Labute approximate surface area is 183 Å². The van der Waals surface area contributed by atoms with Gasteiger partial charge in [0.1, 0.15) is 5.75 Å². The van der Waals surface area contributed by atoms with E-state index >= 15 is 0 Å². The van der Waals surface area contributed by atoms with Crippen LogP contribution in [0.1, 0.15) is 22.8 Å². The van der Waals surface area contributed by atoms with Crippen LogP contribution in [-0.4, -0.2) is 28.1 Å². The molecule has 1 unspecified atom stereocenters. The van der Waals surface area contributed by atoms with Gasteiger partial charge >= 0.3 is 0 Å². The highest BCUT2D eigenvalue weighted by molar-refractivity contribution is 8.25. The summed E-state index contributed by atoms with van der Waals surface area (Å²) in [6.07, 6.45) is 0.767. The van der Waals surface area contributed by atoms with Crippen LogP contribution in [0.25, 0.3) is 0 Å². The van der Waals surface area contributed by atoms with Crippen molar-refractivity contribution in [2.45, 2.75) is 28.1 Å². The summed E-state index contributed by atoms with van der Waals surface area (Å²) in [4.78, 5) is 1.73. The fraction of sp³-hybridized carbons (Fsp3) is 0.250. The average Bonchev–Trinajstić information content (AvgIpc) is 3.02. The van der Waals surface area contributed by atoms with Gasteiger partial charge in [0.05, 0.1) is 35.7 Å². The van der Waals surface area contributed by atoms with E-state index in [0.717, 1.165) is 28.2 Å². The SMILES string of the molecule is OS1(O)CC(Sc2ccccc2)c2c(OCCCOCc3ccccc3)cccc21. The van der Waals surface area contributed by atoms with Gasteiger partial charge in [0.2, 0.25) is 0 Å². The molecule has 30 heavy (non-hydrogen) atoms. The number of ether oxygens (including phenoxy) is 2. The molecular formula is C24H26O4S2. The average molecular weight is 443 g/mol. The van der Waals surface area contributed by atoms with Crippen molar-refractivity contribution < 1.29 is 18.6 Å². The third kappa shape index (κ3) is 5.20. The van der Waals surface area contributed by atoms with Gasteiger partial charge in [0.25, 0.3) is 0 Å². The van der Waals surface area contributed by atoms with Gasteiger partial charge in [-0.15, -0.1) is 11.8 Å². The van der Waals surface area contributed by atoms with E-state index < -0.39 is 10.6 Å². The van der Waals surface area contributed by atoms with Crippen molar-refractivity contribution in [1.29, 1.82) is 0 Å². The Hall–Kier alpha value is -1.96. The Morgan fingerprint density at radius 1 is 0.867 bits per heavy atom. The fourth-order valence-corrected chi connectivity index (χ4v) is 7.08. The topological polar surface area (TPSA) is 58.9 Å². The molecular weight excluding hydrogens is 416 g/mol. The van der Waals surface area contributed by atoms with Crippen molar-refractivity contribution in [3.05, 3.63) is 90.0 Å². The zero-order valence-electron chi connectivity index (χ0n) is 16.6. The number of hydrogen-bond acceptors (Lipinski definition) is 5. The summed E-state index contributed by atoms with van der Waals surface area (Å²) in [6, 6.07) is 25.7. The Morgan fingerprint density at radius 3 is 2.37 bits per heavy atom. The largest absolute Gasteiger partial charge is 0.493 e. The maximum absolute atomic E-state index is 10.6. The highest BCUT2D eigenvalue weighted by atomic mass is 32.3. The minimum Gasteiger partial charge on any atom is -0.493 e. The second kappa shape index (κ2) is 9.90. The van der Waals surface area contributed by atoms with E-state index in [1.54, 1.807) is 11.8 Å². The molecule has 3 aromatic carbocycles. The minimum absolute atomic E-state index is 0.0436. The summed E-state index contributed by atoms with van der Waals surface area (Å²) in [6.45, 7) is 1.73. The molecule has 1 aliphatic heterocycles. The molecule has 1 aliphatic rings. The lowest BCUT2D eigenvalue weighted by molar-refractivity contribution is 0.107. The molecule has 4 nitrogen and oxygen atoms in total.